The van der Waals surface area contributed by atoms with Crippen LogP contribution >= 0.6 is 0 Å². The van der Waals surface area contributed by atoms with Crippen molar-refractivity contribution in [1.29, 1.82) is 0 Å². The van der Waals surface area contributed by atoms with Crippen molar-refractivity contribution in [3.8, 4) is 22.4 Å². The van der Waals surface area contributed by atoms with Crippen LogP contribution in [0.4, 0.5) is 0 Å². The van der Waals surface area contributed by atoms with Crippen LogP contribution in [0, 0.1) is 21.7 Å². The number of aliphatic imine (C=N–C) groups is 1. The smallest absolute Gasteiger partial charge is 0.252 e. The molecule has 0 radical (unpaired) electrons. The highest BCUT2D eigenvalue weighted by molar-refractivity contribution is 5.90. The van der Waals surface area contributed by atoms with Crippen LogP contribution in [0.1, 0.15) is 112 Å². The van der Waals surface area contributed by atoms with E-state index in [9.17, 15) is 19.8 Å². The van der Waals surface area contributed by atoms with Crippen LogP contribution in [0.3, 0.4) is 0 Å². The maximum absolute atomic E-state index is 13.3. The number of nitrogens with zero attached hydrogens (tertiary/aromatic N) is 2. The third kappa shape index (κ3) is 8.44. The summed E-state index contributed by atoms with van der Waals surface area (Å²) in [6.07, 6.45) is 8.68. The van der Waals surface area contributed by atoms with E-state index in [2.05, 4.69) is 50.2 Å². The molecule has 1 heterocycles. The molecule has 2 fully saturated rings. The van der Waals surface area contributed by atoms with Crippen molar-refractivity contribution >= 4 is 23.7 Å². The Bertz CT molecular complexity index is 1850. The average Bonchev–Trinajstić information content (AvgIpc) is 3.99. The summed E-state index contributed by atoms with van der Waals surface area (Å²) in [5.74, 6) is -0.114. The average molecular weight is 725 g/mol. The molecule has 10 heteroatoms. The summed E-state index contributed by atoms with van der Waals surface area (Å²) in [6.45, 7) is 19.4. The zero-order valence-electron chi connectivity index (χ0n) is 33.4. The lowest BCUT2D eigenvalue weighted by Gasteiger charge is -2.35. The molecule has 2 aliphatic rings. The van der Waals surface area contributed by atoms with Crippen molar-refractivity contribution in [2.45, 2.75) is 118 Å². The molecular weight excluding hydrogens is 665 g/mol. The number of carbonyl (C=O) groups is 2. The van der Waals surface area contributed by atoms with Crippen LogP contribution in [0.2, 0.25) is 0 Å². The lowest BCUT2D eigenvalue weighted by Crippen LogP contribution is -2.56. The normalized spacial score (nSPS) is 20.1. The largest absolute Gasteiger partial charge is 0.392 e. The number of amides is 2. The summed E-state index contributed by atoms with van der Waals surface area (Å²) in [6, 6.07) is 15.6. The second kappa shape index (κ2) is 14.2. The minimum absolute atomic E-state index is 0.335. The second-order valence-corrected chi connectivity index (χ2v) is 18.3. The van der Waals surface area contributed by atoms with Crippen LogP contribution < -0.4 is 16.0 Å². The number of imidazole rings is 1. The van der Waals surface area contributed by atoms with E-state index >= 15 is 0 Å². The molecule has 286 valence electrons. The zero-order valence-corrected chi connectivity index (χ0v) is 33.4. The predicted octanol–water partition coefficient (Wildman–Crippen LogP) is 7.17. The van der Waals surface area contributed by atoms with Crippen LogP contribution in [-0.2, 0) is 9.59 Å². The van der Waals surface area contributed by atoms with Gasteiger partial charge in [0.2, 0.25) is 0 Å². The summed E-state index contributed by atoms with van der Waals surface area (Å²) < 4.78 is 0. The first-order chi connectivity index (χ1) is 24.5. The number of aromatic nitrogens is 2. The van der Waals surface area contributed by atoms with Gasteiger partial charge in [-0.2, -0.15) is 0 Å². The third-order valence-electron chi connectivity index (χ3n) is 11.8. The van der Waals surface area contributed by atoms with Gasteiger partial charge in [0.15, 0.2) is 0 Å². The fraction of sp³-hybridized carbons (Fsp3) is 0.535. The second-order valence-electron chi connectivity index (χ2n) is 18.3. The minimum atomic E-state index is -1.45. The van der Waals surface area contributed by atoms with Crippen molar-refractivity contribution in [1.82, 2.24) is 25.9 Å². The zero-order chi connectivity index (χ0) is 39.2. The van der Waals surface area contributed by atoms with Crippen molar-refractivity contribution < 1.29 is 19.8 Å². The monoisotopic (exact) mass is 724 g/mol. The van der Waals surface area contributed by atoms with E-state index in [1.807, 2.05) is 92.9 Å². The first-order valence-corrected chi connectivity index (χ1v) is 18.8. The Balaban J connectivity index is 1.29. The van der Waals surface area contributed by atoms with Crippen LogP contribution in [0.25, 0.3) is 28.1 Å². The van der Waals surface area contributed by atoms with E-state index in [1.165, 1.54) is 0 Å². The summed E-state index contributed by atoms with van der Waals surface area (Å²) in [4.78, 5) is 39.4. The Morgan fingerprint density at radius 3 is 1.70 bits per heavy atom. The first-order valence-electron chi connectivity index (χ1n) is 18.8. The van der Waals surface area contributed by atoms with Gasteiger partial charge in [0.1, 0.15) is 17.0 Å². The predicted molar refractivity (Wildman–Crippen MR) is 213 cm³/mol. The Hall–Kier alpha value is -4.28. The van der Waals surface area contributed by atoms with Crippen LogP contribution in [0.15, 0.2) is 65.9 Å². The van der Waals surface area contributed by atoms with Gasteiger partial charge in [-0.15, -0.1) is 0 Å². The highest BCUT2D eigenvalue weighted by Crippen LogP contribution is 2.54. The van der Waals surface area contributed by atoms with Crippen molar-refractivity contribution in [3.05, 3.63) is 72.3 Å². The highest BCUT2D eigenvalue weighted by Gasteiger charge is 2.58. The summed E-state index contributed by atoms with van der Waals surface area (Å²) >= 11 is 0. The quantitative estimate of drug-likeness (QED) is 0.103. The standard InChI is InChI=1S/C43H60N6O4/c1-38(2,3)33(48-36(50)42(9,52)40(7)20-21-40)26-45-31(24-44-11)29-16-12-27(13-17-29)28-14-18-30(19-15-28)32-25-46-35(47-32)34(39(4,5)6)49-37(51)43(10,53)41(8)22-23-41/h12-19,24-26,33-34,44,52-53H,20-23H2,1-11H3,(H,46,47)(H,48,50)(H,49,51)/b31-24-,45-26?/t33?,34-,42?,43?/m1/s1. The number of aliphatic hydroxyl groups is 2. The molecule has 3 aromatic rings. The van der Waals surface area contributed by atoms with Gasteiger partial charge in [-0.3, -0.25) is 14.6 Å². The summed E-state index contributed by atoms with van der Waals surface area (Å²) in [5.41, 5.74) is 1.12. The Morgan fingerprint density at radius 2 is 1.25 bits per heavy atom. The Labute approximate surface area is 315 Å². The number of hydrogen-bond donors (Lipinski definition) is 6. The van der Waals surface area contributed by atoms with E-state index in [1.54, 1.807) is 26.3 Å². The Kier molecular flexibility index (Phi) is 10.7. The summed E-state index contributed by atoms with van der Waals surface area (Å²) in [5, 5.41) is 31.4. The molecule has 4 atom stereocenters. The summed E-state index contributed by atoms with van der Waals surface area (Å²) in [7, 11) is 1.82. The molecule has 53 heavy (non-hydrogen) atoms. The molecule has 2 saturated carbocycles. The molecule has 2 aromatic carbocycles. The number of H-pyrrole nitrogens is 1. The van der Waals surface area contributed by atoms with Gasteiger partial charge >= 0.3 is 0 Å². The van der Waals surface area contributed by atoms with E-state index in [0.717, 1.165) is 53.6 Å². The molecule has 0 aliphatic heterocycles. The maximum Gasteiger partial charge on any atom is 0.252 e. The fourth-order valence-electron chi connectivity index (χ4n) is 6.41. The number of aromatic amines is 1. The van der Waals surface area contributed by atoms with E-state index < -0.39 is 34.1 Å². The van der Waals surface area contributed by atoms with Crippen molar-refractivity contribution in [2.75, 3.05) is 7.05 Å². The molecule has 1 aromatic heterocycles. The van der Waals surface area contributed by atoms with E-state index in [-0.39, 0.29) is 22.6 Å². The van der Waals surface area contributed by atoms with Gasteiger partial charge < -0.3 is 31.1 Å². The van der Waals surface area contributed by atoms with Gasteiger partial charge in [0, 0.05) is 35.9 Å². The Morgan fingerprint density at radius 1 is 0.774 bits per heavy atom. The number of rotatable bonds is 13. The minimum Gasteiger partial charge on any atom is -0.392 e. The molecule has 5 rings (SSSR count). The molecule has 2 aliphatic carbocycles. The van der Waals surface area contributed by atoms with Crippen LogP contribution in [-0.4, -0.2) is 62.5 Å². The third-order valence-corrected chi connectivity index (χ3v) is 11.8. The molecule has 2 amide bonds. The van der Waals surface area contributed by atoms with Gasteiger partial charge in [0.05, 0.1) is 29.7 Å². The number of benzene rings is 2. The molecular formula is C43H60N6O4. The fourth-order valence-corrected chi connectivity index (χ4v) is 6.41. The van der Waals surface area contributed by atoms with Gasteiger partial charge in [-0.1, -0.05) is 104 Å². The molecule has 10 nitrogen and oxygen atoms in total. The van der Waals surface area contributed by atoms with Gasteiger partial charge in [0.25, 0.3) is 11.8 Å². The number of hydrogen-bond acceptors (Lipinski definition) is 7. The molecule has 0 spiro atoms. The van der Waals surface area contributed by atoms with Crippen molar-refractivity contribution in [2.24, 2.45) is 26.7 Å². The molecule has 3 unspecified atom stereocenters. The lowest BCUT2D eigenvalue weighted by atomic mass is 9.83. The van der Waals surface area contributed by atoms with E-state index in [4.69, 9.17) is 4.99 Å². The molecule has 0 saturated heterocycles. The van der Waals surface area contributed by atoms with Gasteiger partial charge in [-0.25, -0.2) is 4.98 Å². The van der Waals surface area contributed by atoms with Crippen LogP contribution in [0.5, 0.6) is 0 Å². The topological polar surface area (TPSA) is 152 Å². The maximum atomic E-state index is 13.3. The molecule has 6 N–H and O–H groups in total. The lowest BCUT2D eigenvalue weighted by molar-refractivity contribution is -0.146. The molecule has 0 bridgehead atoms. The number of carbonyl (C=O) groups excluding carboxylic acids is 2. The van der Waals surface area contributed by atoms with Gasteiger partial charge in [-0.05, 0) is 67.1 Å². The first kappa shape index (κ1) is 39.9. The highest BCUT2D eigenvalue weighted by atomic mass is 16.3. The van der Waals surface area contributed by atoms with Crippen molar-refractivity contribution in [3.63, 3.8) is 0 Å². The number of nitrogens with one attached hydrogen (secondary N) is 4. The SMILES string of the molecule is CN/C=C(\N=CC(NC(=O)C(C)(O)C1(C)CC1)C(C)(C)C)c1ccc(-c2ccc(-c3cnc([C@@H](NC(=O)C(C)(O)C4(C)CC4)C(C)(C)C)[nH]3)cc2)cc1. The van der Waals surface area contributed by atoms with E-state index in [0.29, 0.717) is 11.5 Å².